The number of fused-ring (bicyclic) bond motifs is 4. The lowest BCUT2D eigenvalue weighted by Gasteiger charge is -2.44. The van der Waals surface area contributed by atoms with E-state index in [1.165, 1.54) is 24.3 Å². The molecule has 0 unspecified atom stereocenters. The second-order valence-electron chi connectivity index (χ2n) is 9.20. The van der Waals surface area contributed by atoms with Crippen molar-refractivity contribution in [1.29, 1.82) is 0 Å². The van der Waals surface area contributed by atoms with E-state index < -0.39 is 15.8 Å². The van der Waals surface area contributed by atoms with Crippen LogP contribution in [-0.4, -0.2) is 28.7 Å². The third-order valence-electron chi connectivity index (χ3n) is 6.68. The Morgan fingerprint density at radius 1 is 1.18 bits per heavy atom. The zero-order valence-electron chi connectivity index (χ0n) is 18.7. The molecule has 0 atom stereocenters. The van der Waals surface area contributed by atoms with Gasteiger partial charge >= 0.3 is 0 Å². The number of hydrogen-bond donors (Lipinski definition) is 2. The number of hydrogen-bond acceptors (Lipinski definition) is 6. The van der Waals surface area contributed by atoms with Crippen LogP contribution in [0.15, 0.2) is 40.4 Å². The van der Waals surface area contributed by atoms with E-state index in [1.54, 1.807) is 6.20 Å². The van der Waals surface area contributed by atoms with E-state index in [4.69, 9.17) is 15.1 Å². The minimum absolute atomic E-state index is 0.0731. The third kappa shape index (κ3) is 3.71. The smallest absolute Gasteiger partial charge is 0.238 e. The fourth-order valence-corrected chi connectivity index (χ4v) is 5.88. The molecule has 1 aliphatic carbocycles. The number of nitrogens with zero attached hydrogens (tertiary/aromatic N) is 4. The molecule has 2 aliphatic rings. The number of nitrogens with two attached hydrogens (primary N) is 1. The summed E-state index contributed by atoms with van der Waals surface area (Å²) < 4.78 is 39.9. The van der Waals surface area contributed by atoms with E-state index >= 15 is 0 Å². The Kier molecular flexibility index (Phi) is 5.24. The van der Waals surface area contributed by atoms with Gasteiger partial charge in [-0.05, 0) is 43.0 Å². The van der Waals surface area contributed by atoms with Crippen LogP contribution < -0.4 is 10.5 Å². The first-order valence-electron chi connectivity index (χ1n) is 11.2. The van der Waals surface area contributed by atoms with Gasteiger partial charge in [-0.3, -0.25) is 4.99 Å². The van der Waals surface area contributed by atoms with Crippen molar-refractivity contribution < 1.29 is 12.8 Å². The largest absolute Gasteiger partial charge is 0.322 e. The van der Waals surface area contributed by atoms with Crippen LogP contribution in [0.25, 0.3) is 11.0 Å². The molecule has 0 radical (unpaired) electrons. The molecule has 1 spiro atoms. The van der Waals surface area contributed by atoms with Gasteiger partial charge in [-0.25, -0.2) is 22.9 Å². The van der Waals surface area contributed by atoms with Crippen molar-refractivity contribution in [2.45, 2.75) is 62.9 Å². The van der Waals surface area contributed by atoms with Gasteiger partial charge in [0.1, 0.15) is 11.5 Å². The highest BCUT2D eigenvalue weighted by Crippen LogP contribution is 2.44. The quantitative estimate of drug-likeness (QED) is 0.592. The van der Waals surface area contributed by atoms with E-state index in [0.717, 1.165) is 48.5 Å². The van der Waals surface area contributed by atoms with E-state index in [1.807, 2.05) is 0 Å². The fourth-order valence-electron chi connectivity index (χ4n) is 5.36. The van der Waals surface area contributed by atoms with Crippen LogP contribution in [0.5, 0.6) is 0 Å². The molecule has 5 rings (SSSR count). The summed E-state index contributed by atoms with van der Waals surface area (Å²) in [7, 11) is -3.99. The van der Waals surface area contributed by atoms with E-state index in [-0.39, 0.29) is 22.1 Å². The summed E-state index contributed by atoms with van der Waals surface area (Å²) in [6.07, 6.45) is 7.29. The molecule has 8 nitrogen and oxygen atoms in total. The monoisotopic (exact) mass is 470 g/mol. The second-order valence-corrected chi connectivity index (χ2v) is 10.8. The summed E-state index contributed by atoms with van der Waals surface area (Å²) in [6.45, 7) is 5.00. The number of halogens is 1. The summed E-state index contributed by atoms with van der Waals surface area (Å²) in [5.41, 5.74) is 3.04. The van der Waals surface area contributed by atoms with E-state index in [2.05, 4.69) is 34.8 Å². The fraction of sp³-hybridized carbons (Fsp3) is 0.435. The van der Waals surface area contributed by atoms with Gasteiger partial charge in [-0.15, -0.1) is 0 Å². The lowest BCUT2D eigenvalue weighted by molar-refractivity contribution is 0.267. The van der Waals surface area contributed by atoms with E-state index in [9.17, 15) is 12.8 Å². The molecule has 1 aromatic carbocycles. The van der Waals surface area contributed by atoms with Crippen LogP contribution in [0, 0.1) is 11.7 Å². The average Bonchev–Trinajstić information content (AvgIpc) is 3.14. The molecular weight excluding hydrogens is 443 g/mol. The first-order chi connectivity index (χ1) is 15.7. The summed E-state index contributed by atoms with van der Waals surface area (Å²) in [5, 5.41) is 8.90. The molecule has 0 saturated heterocycles. The Morgan fingerprint density at radius 3 is 2.61 bits per heavy atom. The van der Waals surface area contributed by atoms with Crippen LogP contribution in [0.1, 0.15) is 51.6 Å². The van der Waals surface area contributed by atoms with Gasteiger partial charge in [0.2, 0.25) is 16.0 Å². The molecule has 1 saturated carbocycles. The molecule has 3 heterocycles. The molecule has 1 fully saturated rings. The van der Waals surface area contributed by atoms with Gasteiger partial charge < -0.3 is 9.88 Å². The first kappa shape index (κ1) is 22.0. The molecule has 3 N–H and O–H groups in total. The van der Waals surface area contributed by atoms with Gasteiger partial charge in [-0.1, -0.05) is 33.1 Å². The Labute approximate surface area is 192 Å². The molecule has 0 amide bonds. The Hall–Kier alpha value is -2.85. The Bertz CT molecular complexity index is 1370. The number of primary sulfonamides is 1. The normalized spacial score (nSPS) is 17.9. The molecule has 3 aromatic rings. The molecule has 33 heavy (non-hydrogen) atoms. The van der Waals surface area contributed by atoms with Crippen LogP contribution >= 0.6 is 0 Å². The molecular formula is C23H27FN6O2S. The van der Waals surface area contributed by atoms with Crippen molar-refractivity contribution in [2.75, 3.05) is 5.32 Å². The topological polar surface area (TPSA) is 115 Å². The minimum atomic E-state index is -3.99. The number of anilines is 2. The number of aliphatic imine (C=N–C) groups is 1. The summed E-state index contributed by atoms with van der Waals surface area (Å²) in [5.74, 6) is -0.176. The highest BCUT2D eigenvalue weighted by atomic mass is 32.2. The molecule has 1 aliphatic heterocycles. The zero-order valence-corrected chi connectivity index (χ0v) is 19.5. The number of nitrogens with one attached hydrogen (secondary N) is 1. The molecule has 2 aromatic heterocycles. The van der Waals surface area contributed by atoms with Crippen LogP contribution in [0.4, 0.5) is 16.0 Å². The number of aromatic nitrogens is 3. The lowest BCUT2D eigenvalue weighted by Crippen LogP contribution is -2.48. The SMILES string of the molecule is CC(C)C1=NCc2cc3cnc(Nc4ccc(S(N)(=O)=O)cc4F)nc3n2C12CCCCC2. The highest BCUT2D eigenvalue weighted by molar-refractivity contribution is 7.89. The Balaban J connectivity index is 1.58. The van der Waals surface area contributed by atoms with Crippen molar-refractivity contribution in [3.05, 3.63) is 42.0 Å². The third-order valence-corrected chi connectivity index (χ3v) is 7.59. The minimum Gasteiger partial charge on any atom is -0.322 e. The van der Waals surface area contributed by atoms with Crippen LogP contribution in [0.3, 0.4) is 0 Å². The van der Waals surface area contributed by atoms with Gasteiger partial charge in [0, 0.05) is 23.0 Å². The van der Waals surface area contributed by atoms with Gasteiger partial charge in [0.25, 0.3) is 0 Å². The van der Waals surface area contributed by atoms with Gasteiger partial charge in [0.15, 0.2) is 0 Å². The maximum absolute atomic E-state index is 14.6. The maximum atomic E-state index is 14.6. The Morgan fingerprint density at radius 2 is 1.94 bits per heavy atom. The van der Waals surface area contributed by atoms with Crippen LogP contribution in [-0.2, 0) is 22.1 Å². The zero-order chi connectivity index (χ0) is 23.4. The standard InChI is InChI=1S/C23H27FN6O2S/c1-14(2)20-23(8-4-3-5-9-23)30-16(13-26-20)10-15-12-27-22(29-21(15)30)28-19-7-6-17(11-18(19)24)33(25,31)32/h6-7,10-12,14H,3-5,8-9,13H2,1-2H3,(H2,25,31,32)(H,27,28,29). The predicted octanol–water partition coefficient (Wildman–Crippen LogP) is 4.23. The average molecular weight is 471 g/mol. The van der Waals surface area contributed by atoms with Crippen molar-refractivity contribution in [2.24, 2.45) is 16.0 Å². The predicted molar refractivity (Wildman–Crippen MR) is 126 cm³/mol. The highest BCUT2D eigenvalue weighted by Gasteiger charge is 2.44. The number of sulfonamides is 1. The molecule has 10 heteroatoms. The number of rotatable bonds is 4. The van der Waals surface area contributed by atoms with Crippen molar-refractivity contribution >= 4 is 38.4 Å². The van der Waals surface area contributed by atoms with Gasteiger partial charge in [-0.2, -0.15) is 4.98 Å². The first-order valence-corrected chi connectivity index (χ1v) is 12.8. The summed E-state index contributed by atoms with van der Waals surface area (Å²) >= 11 is 0. The lowest BCUT2D eigenvalue weighted by atomic mass is 9.73. The summed E-state index contributed by atoms with van der Waals surface area (Å²) in [4.78, 5) is 13.8. The maximum Gasteiger partial charge on any atom is 0.238 e. The van der Waals surface area contributed by atoms with E-state index in [0.29, 0.717) is 12.5 Å². The van der Waals surface area contributed by atoms with Crippen LogP contribution in [0.2, 0.25) is 0 Å². The van der Waals surface area contributed by atoms with Crippen molar-refractivity contribution in [1.82, 2.24) is 14.5 Å². The van der Waals surface area contributed by atoms with Gasteiger partial charge in [0.05, 0.1) is 22.7 Å². The second kappa shape index (κ2) is 7.88. The van der Waals surface area contributed by atoms with Crippen molar-refractivity contribution in [3.8, 4) is 0 Å². The van der Waals surface area contributed by atoms with Crippen molar-refractivity contribution in [3.63, 3.8) is 0 Å². The number of benzene rings is 1. The molecule has 174 valence electrons. The summed E-state index contributed by atoms with van der Waals surface area (Å²) in [6, 6.07) is 5.55. The molecule has 0 bridgehead atoms.